The number of unbranched alkanes of at least 4 members (excludes halogenated alkanes) is 3. The quantitative estimate of drug-likeness (QED) is 0.584. The SMILES string of the molecule is NCCCCCCOc1ccc(-c2nc3cccc4c3n2CCCC4=O)cc1. The lowest BCUT2D eigenvalue weighted by Crippen LogP contribution is -2.01. The van der Waals surface area contributed by atoms with Crippen LogP contribution < -0.4 is 10.5 Å². The summed E-state index contributed by atoms with van der Waals surface area (Å²) in [6.45, 7) is 2.31. The molecule has 1 aliphatic rings. The van der Waals surface area contributed by atoms with E-state index in [4.69, 9.17) is 15.5 Å². The summed E-state index contributed by atoms with van der Waals surface area (Å²) in [5.74, 6) is 2.02. The maximum atomic E-state index is 12.4. The minimum atomic E-state index is 0.214. The first-order valence-electron chi connectivity index (χ1n) is 10.2. The minimum Gasteiger partial charge on any atom is -0.494 e. The van der Waals surface area contributed by atoms with E-state index in [1.54, 1.807) is 0 Å². The van der Waals surface area contributed by atoms with E-state index in [1.807, 2.05) is 30.3 Å². The molecule has 5 nitrogen and oxygen atoms in total. The molecule has 3 aromatic rings. The highest BCUT2D eigenvalue weighted by Crippen LogP contribution is 2.31. The molecule has 0 bridgehead atoms. The Morgan fingerprint density at radius 2 is 1.86 bits per heavy atom. The predicted molar refractivity (Wildman–Crippen MR) is 112 cm³/mol. The fourth-order valence-corrected chi connectivity index (χ4v) is 3.87. The zero-order valence-electron chi connectivity index (χ0n) is 16.2. The number of rotatable bonds is 8. The van der Waals surface area contributed by atoms with Gasteiger partial charge >= 0.3 is 0 Å². The molecular formula is C23H27N3O2. The van der Waals surface area contributed by atoms with Crippen molar-refractivity contribution >= 4 is 16.8 Å². The molecule has 0 saturated heterocycles. The van der Waals surface area contributed by atoms with E-state index in [2.05, 4.69) is 16.7 Å². The Hall–Kier alpha value is -2.66. The number of nitrogens with zero attached hydrogens (tertiary/aromatic N) is 2. The summed E-state index contributed by atoms with van der Waals surface area (Å²) in [4.78, 5) is 17.2. The molecule has 2 N–H and O–H groups in total. The third kappa shape index (κ3) is 3.80. The molecule has 1 aliphatic heterocycles. The van der Waals surface area contributed by atoms with Crippen LogP contribution in [0.5, 0.6) is 5.75 Å². The molecule has 2 heterocycles. The summed E-state index contributed by atoms with van der Waals surface area (Å²) in [6.07, 6.45) is 5.90. The highest BCUT2D eigenvalue weighted by Gasteiger charge is 2.21. The van der Waals surface area contributed by atoms with Crippen molar-refractivity contribution in [3.05, 3.63) is 48.0 Å². The van der Waals surface area contributed by atoms with Crippen LogP contribution >= 0.6 is 0 Å². The third-order valence-corrected chi connectivity index (χ3v) is 5.33. The molecule has 4 rings (SSSR count). The summed E-state index contributed by atoms with van der Waals surface area (Å²) in [5, 5.41) is 0. The standard InChI is InChI=1S/C23H27N3O2/c24-14-3-1-2-4-16-28-18-12-10-17(11-13-18)23-25-20-8-5-7-19-21(27)9-6-15-26(23)22(19)20/h5,7-8,10-13H,1-4,6,9,14-16,24H2. The lowest BCUT2D eigenvalue weighted by molar-refractivity contribution is 0.0982. The van der Waals surface area contributed by atoms with Gasteiger partial charge in [-0.15, -0.1) is 0 Å². The van der Waals surface area contributed by atoms with Crippen LogP contribution in [0, 0.1) is 0 Å². The van der Waals surface area contributed by atoms with Gasteiger partial charge in [0.15, 0.2) is 5.78 Å². The van der Waals surface area contributed by atoms with E-state index in [0.29, 0.717) is 6.42 Å². The van der Waals surface area contributed by atoms with Crippen LogP contribution in [0.3, 0.4) is 0 Å². The molecule has 146 valence electrons. The summed E-state index contributed by atoms with van der Waals surface area (Å²) >= 11 is 0. The summed E-state index contributed by atoms with van der Waals surface area (Å²) in [5.41, 5.74) is 9.22. The Balaban J connectivity index is 1.52. The normalized spacial score (nSPS) is 13.7. The minimum absolute atomic E-state index is 0.214. The van der Waals surface area contributed by atoms with Gasteiger partial charge in [-0.3, -0.25) is 4.79 Å². The topological polar surface area (TPSA) is 70.1 Å². The first kappa shape index (κ1) is 18.7. The van der Waals surface area contributed by atoms with Crippen molar-refractivity contribution in [3.63, 3.8) is 0 Å². The zero-order valence-corrected chi connectivity index (χ0v) is 16.2. The molecule has 0 atom stereocenters. The fourth-order valence-electron chi connectivity index (χ4n) is 3.87. The second-order valence-electron chi connectivity index (χ2n) is 7.36. The third-order valence-electron chi connectivity index (χ3n) is 5.33. The Morgan fingerprint density at radius 3 is 2.68 bits per heavy atom. The largest absolute Gasteiger partial charge is 0.494 e. The average Bonchev–Trinajstić information content (AvgIpc) is 3.00. The maximum absolute atomic E-state index is 12.4. The van der Waals surface area contributed by atoms with E-state index in [-0.39, 0.29) is 5.78 Å². The molecule has 1 aromatic heterocycles. The van der Waals surface area contributed by atoms with Gasteiger partial charge in [-0.1, -0.05) is 18.9 Å². The van der Waals surface area contributed by atoms with E-state index in [9.17, 15) is 4.79 Å². The number of ether oxygens (including phenoxy) is 1. The van der Waals surface area contributed by atoms with E-state index >= 15 is 0 Å². The van der Waals surface area contributed by atoms with Gasteiger partial charge in [-0.05, 0) is 62.2 Å². The van der Waals surface area contributed by atoms with Crippen LogP contribution in [0.25, 0.3) is 22.4 Å². The highest BCUT2D eigenvalue weighted by molar-refractivity contribution is 6.07. The number of imidazole rings is 1. The smallest absolute Gasteiger partial charge is 0.165 e. The molecule has 0 fully saturated rings. The number of hydrogen-bond acceptors (Lipinski definition) is 4. The van der Waals surface area contributed by atoms with Gasteiger partial charge in [-0.25, -0.2) is 4.98 Å². The number of aryl methyl sites for hydroxylation is 1. The zero-order chi connectivity index (χ0) is 19.3. The van der Waals surface area contributed by atoms with Crippen molar-refractivity contribution in [2.24, 2.45) is 5.73 Å². The predicted octanol–water partition coefficient (Wildman–Crippen LogP) is 4.58. The van der Waals surface area contributed by atoms with Gasteiger partial charge in [0, 0.05) is 24.1 Å². The van der Waals surface area contributed by atoms with Crippen LogP contribution in [0.2, 0.25) is 0 Å². The molecule has 0 radical (unpaired) electrons. The number of carbonyl (C=O) groups is 1. The van der Waals surface area contributed by atoms with E-state index < -0.39 is 0 Å². The molecular weight excluding hydrogens is 350 g/mol. The van der Waals surface area contributed by atoms with Crippen LogP contribution in [-0.2, 0) is 6.54 Å². The lowest BCUT2D eigenvalue weighted by atomic mass is 10.1. The summed E-state index contributed by atoms with van der Waals surface area (Å²) in [6, 6.07) is 13.9. The molecule has 28 heavy (non-hydrogen) atoms. The van der Waals surface area contributed by atoms with Crippen molar-refractivity contribution in [2.75, 3.05) is 13.2 Å². The number of hydrogen-bond donors (Lipinski definition) is 1. The Kier molecular flexibility index (Phi) is 5.72. The Labute approximate surface area is 165 Å². The monoisotopic (exact) mass is 377 g/mol. The average molecular weight is 377 g/mol. The highest BCUT2D eigenvalue weighted by atomic mass is 16.5. The number of aromatic nitrogens is 2. The number of nitrogens with two attached hydrogens (primary N) is 1. The summed E-state index contributed by atoms with van der Waals surface area (Å²) in [7, 11) is 0. The number of para-hydroxylation sites is 1. The molecule has 2 aromatic carbocycles. The second-order valence-corrected chi connectivity index (χ2v) is 7.36. The molecule has 0 amide bonds. The van der Waals surface area contributed by atoms with Crippen LogP contribution in [0.4, 0.5) is 0 Å². The van der Waals surface area contributed by atoms with Gasteiger partial charge in [-0.2, -0.15) is 0 Å². The molecule has 0 unspecified atom stereocenters. The van der Waals surface area contributed by atoms with Crippen molar-refractivity contribution in [3.8, 4) is 17.1 Å². The van der Waals surface area contributed by atoms with Crippen LogP contribution in [-0.4, -0.2) is 28.5 Å². The van der Waals surface area contributed by atoms with Crippen molar-refractivity contribution in [1.82, 2.24) is 9.55 Å². The first-order chi connectivity index (χ1) is 13.8. The van der Waals surface area contributed by atoms with Crippen LogP contribution in [0.15, 0.2) is 42.5 Å². The Morgan fingerprint density at radius 1 is 1.04 bits per heavy atom. The van der Waals surface area contributed by atoms with Crippen LogP contribution in [0.1, 0.15) is 48.9 Å². The van der Waals surface area contributed by atoms with E-state index in [1.165, 1.54) is 6.42 Å². The molecule has 0 spiro atoms. The van der Waals surface area contributed by atoms with Crippen molar-refractivity contribution in [1.29, 1.82) is 0 Å². The van der Waals surface area contributed by atoms with E-state index in [0.717, 1.165) is 79.1 Å². The number of benzene rings is 2. The molecule has 5 heteroatoms. The molecule has 0 aliphatic carbocycles. The van der Waals surface area contributed by atoms with Crippen molar-refractivity contribution < 1.29 is 9.53 Å². The number of ketones is 1. The molecule has 0 saturated carbocycles. The summed E-state index contributed by atoms with van der Waals surface area (Å²) < 4.78 is 8.05. The van der Waals surface area contributed by atoms with Gasteiger partial charge in [0.25, 0.3) is 0 Å². The Bertz CT molecular complexity index is 960. The lowest BCUT2D eigenvalue weighted by Gasteiger charge is -2.09. The number of Topliss-reactive ketones (excluding diaryl/α,β-unsaturated/α-hetero) is 1. The van der Waals surface area contributed by atoms with Gasteiger partial charge in [0.1, 0.15) is 11.6 Å². The van der Waals surface area contributed by atoms with Crippen molar-refractivity contribution in [2.45, 2.75) is 45.1 Å². The first-order valence-corrected chi connectivity index (χ1v) is 10.2. The van der Waals surface area contributed by atoms with Gasteiger partial charge in [0.05, 0.1) is 17.6 Å². The fraction of sp³-hybridized carbons (Fsp3) is 0.391. The van der Waals surface area contributed by atoms with Gasteiger partial charge < -0.3 is 15.0 Å². The maximum Gasteiger partial charge on any atom is 0.165 e. The number of carbonyl (C=O) groups excluding carboxylic acids is 1. The van der Waals surface area contributed by atoms with Gasteiger partial charge in [0.2, 0.25) is 0 Å². The second kappa shape index (κ2) is 8.57.